The number of ether oxygens (including phenoxy) is 1. The maximum absolute atomic E-state index is 12.9. The summed E-state index contributed by atoms with van der Waals surface area (Å²) in [5.41, 5.74) is -0.161. The molecule has 0 radical (unpaired) electrons. The zero-order chi connectivity index (χ0) is 23.3. The summed E-state index contributed by atoms with van der Waals surface area (Å²) in [4.78, 5) is 37.2. The molecule has 32 heavy (non-hydrogen) atoms. The summed E-state index contributed by atoms with van der Waals surface area (Å²) < 4.78 is 5.68. The first-order valence-electron chi connectivity index (χ1n) is 12.2. The van der Waals surface area contributed by atoms with E-state index in [2.05, 4.69) is 11.8 Å². The summed E-state index contributed by atoms with van der Waals surface area (Å²) in [6.45, 7) is 4.78. The molecule has 2 rings (SSSR count). The Morgan fingerprint density at radius 1 is 1.09 bits per heavy atom. The number of ketones is 1. The second-order valence-corrected chi connectivity index (χ2v) is 8.74. The Balaban J connectivity index is 1.80. The maximum Gasteiger partial charge on any atom is 0.280 e. The van der Waals surface area contributed by atoms with Gasteiger partial charge in [-0.15, -0.1) is 0 Å². The van der Waals surface area contributed by atoms with Gasteiger partial charge in [-0.25, -0.2) is 0 Å². The van der Waals surface area contributed by atoms with Gasteiger partial charge in [-0.3, -0.25) is 19.7 Å². The minimum absolute atomic E-state index is 0.0499. The van der Waals surface area contributed by atoms with Gasteiger partial charge >= 0.3 is 0 Å². The van der Waals surface area contributed by atoms with Crippen LogP contribution in [0, 0.1) is 10.1 Å². The fraction of sp³-hybridized carbons (Fsp3) is 0.680. The van der Waals surface area contributed by atoms with Crippen molar-refractivity contribution in [2.45, 2.75) is 96.9 Å². The lowest BCUT2D eigenvalue weighted by atomic mass is 9.93. The highest BCUT2D eigenvalue weighted by atomic mass is 16.6. The summed E-state index contributed by atoms with van der Waals surface area (Å²) in [6.07, 6.45) is 12.6. The third-order valence-electron chi connectivity index (χ3n) is 6.19. The van der Waals surface area contributed by atoms with E-state index in [1.807, 2.05) is 0 Å². The number of nitro groups is 1. The van der Waals surface area contributed by atoms with Crippen LogP contribution in [0.3, 0.4) is 0 Å². The van der Waals surface area contributed by atoms with E-state index in [9.17, 15) is 19.7 Å². The number of carbonyl (C=O) groups is 2. The Labute approximate surface area is 191 Å². The number of hydrogen-bond donors (Lipinski definition) is 0. The average Bonchev–Trinajstić information content (AvgIpc) is 2.79. The normalized spacial score (nSPS) is 14.2. The molecule has 0 atom stereocenters. The molecule has 0 unspecified atom stereocenters. The molecule has 0 N–H and O–H groups in total. The molecular weight excluding hydrogens is 408 g/mol. The van der Waals surface area contributed by atoms with Crippen molar-refractivity contribution in [1.82, 2.24) is 4.90 Å². The Kier molecular flexibility index (Phi) is 11.2. The molecule has 1 aromatic carbocycles. The third kappa shape index (κ3) is 8.24. The molecule has 7 nitrogen and oxygen atoms in total. The van der Waals surface area contributed by atoms with Gasteiger partial charge < -0.3 is 9.64 Å². The molecule has 1 aliphatic carbocycles. The number of amides is 1. The number of nitrogens with zero attached hydrogens (tertiary/aromatic N) is 2. The van der Waals surface area contributed by atoms with E-state index in [4.69, 9.17) is 4.74 Å². The smallest absolute Gasteiger partial charge is 0.280 e. The standard InChI is InChI=1S/C25H38N2O5/c1-3-4-5-10-17-26(21-12-7-6-8-13-21)25(29)14-9-11-18-32-22-15-16-24(27(30)31)23(19-22)20(2)28/h15-16,19,21H,3-14,17-18H2,1-2H3. The Hall–Kier alpha value is -2.44. The van der Waals surface area contributed by atoms with Crippen molar-refractivity contribution in [3.8, 4) is 5.75 Å². The summed E-state index contributed by atoms with van der Waals surface area (Å²) in [5, 5.41) is 11.0. The highest BCUT2D eigenvalue weighted by molar-refractivity contribution is 5.98. The second-order valence-electron chi connectivity index (χ2n) is 8.74. The predicted molar refractivity (Wildman–Crippen MR) is 125 cm³/mol. The Morgan fingerprint density at radius 2 is 1.84 bits per heavy atom. The van der Waals surface area contributed by atoms with Crippen molar-refractivity contribution >= 4 is 17.4 Å². The largest absolute Gasteiger partial charge is 0.494 e. The molecule has 0 heterocycles. The van der Waals surface area contributed by atoms with Crippen LogP contribution in [-0.4, -0.2) is 40.7 Å². The molecule has 0 aromatic heterocycles. The van der Waals surface area contributed by atoms with Gasteiger partial charge in [0.1, 0.15) is 5.75 Å². The van der Waals surface area contributed by atoms with Gasteiger partial charge in [-0.1, -0.05) is 45.4 Å². The number of rotatable bonds is 14. The zero-order valence-corrected chi connectivity index (χ0v) is 19.6. The first kappa shape index (κ1) is 25.8. The first-order chi connectivity index (χ1) is 15.4. The van der Waals surface area contributed by atoms with E-state index >= 15 is 0 Å². The number of unbranched alkanes of at least 4 members (excludes halogenated alkanes) is 4. The van der Waals surface area contributed by atoms with Crippen LogP contribution >= 0.6 is 0 Å². The number of carbonyl (C=O) groups excluding carboxylic acids is 2. The van der Waals surface area contributed by atoms with Crippen molar-refractivity contribution in [3.63, 3.8) is 0 Å². The number of benzene rings is 1. The van der Waals surface area contributed by atoms with E-state index in [1.54, 1.807) is 0 Å². The fourth-order valence-electron chi connectivity index (χ4n) is 4.37. The number of hydrogen-bond acceptors (Lipinski definition) is 5. The van der Waals surface area contributed by atoms with E-state index < -0.39 is 4.92 Å². The molecule has 0 bridgehead atoms. The predicted octanol–water partition coefficient (Wildman–Crippen LogP) is 6.09. The summed E-state index contributed by atoms with van der Waals surface area (Å²) >= 11 is 0. The van der Waals surface area contributed by atoms with Crippen molar-refractivity contribution in [3.05, 3.63) is 33.9 Å². The van der Waals surface area contributed by atoms with Crippen molar-refractivity contribution in [2.75, 3.05) is 13.2 Å². The third-order valence-corrected chi connectivity index (χ3v) is 6.19. The minimum atomic E-state index is -0.563. The lowest BCUT2D eigenvalue weighted by Crippen LogP contribution is -2.42. The van der Waals surface area contributed by atoms with E-state index in [1.165, 1.54) is 63.6 Å². The number of Topliss-reactive ketones (excluding diaryl/α,β-unsaturated/α-hetero) is 1. The van der Waals surface area contributed by atoms with Gasteiger partial charge in [-0.2, -0.15) is 0 Å². The van der Waals surface area contributed by atoms with Crippen LogP contribution in [0.4, 0.5) is 5.69 Å². The van der Waals surface area contributed by atoms with E-state index in [-0.39, 0.29) is 22.9 Å². The first-order valence-corrected chi connectivity index (χ1v) is 12.2. The van der Waals surface area contributed by atoms with Gasteiger partial charge in [0, 0.05) is 25.1 Å². The average molecular weight is 447 g/mol. The SMILES string of the molecule is CCCCCCN(C(=O)CCCCOc1ccc([N+](=O)[O-])c(C(C)=O)c1)C1CCCCC1. The molecule has 7 heteroatoms. The van der Waals surface area contributed by atoms with Gasteiger partial charge in [0.2, 0.25) is 5.91 Å². The quantitative estimate of drug-likeness (QED) is 0.149. The highest BCUT2D eigenvalue weighted by Crippen LogP contribution is 2.26. The highest BCUT2D eigenvalue weighted by Gasteiger charge is 2.24. The summed E-state index contributed by atoms with van der Waals surface area (Å²) in [6, 6.07) is 4.64. The molecular formula is C25H38N2O5. The topological polar surface area (TPSA) is 89.8 Å². The van der Waals surface area contributed by atoms with Crippen LogP contribution in [0.1, 0.15) is 101 Å². The molecule has 0 spiro atoms. The van der Waals surface area contributed by atoms with E-state index in [0.29, 0.717) is 31.2 Å². The molecule has 0 aliphatic heterocycles. The fourth-order valence-corrected chi connectivity index (χ4v) is 4.37. The van der Waals surface area contributed by atoms with Crippen molar-refractivity contribution in [2.24, 2.45) is 0 Å². The number of nitro benzene ring substituents is 1. The van der Waals surface area contributed by atoms with Crippen molar-refractivity contribution < 1.29 is 19.2 Å². The maximum atomic E-state index is 12.9. The molecule has 0 saturated heterocycles. The summed E-state index contributed by atoms with van der Waals surface area (Å²) in [7, 11) is 0. The zero-order valence-electron chi connectivity index (χ0n) is 19.6. The van der Waals surface area contributed by atoms with Gasteiger partial charge in [-0.05, 0) is 51.2 Å². The van der Waals surface area contributed by atoms with Crippen LogP contribution in [0.25, 0.3) is 0 Å². The van der Waals surface area contributed by atoms with Crippen LogP contribution in [0.15, 0.2) is 18.2 Å². The molecule has 178 valence electrons. The molecule has 1 aromatic rings. The Bertz CT molecular complexity index is 759. The van der Waals surface area contributed by atoms with Crippen molar-refractivity contribution in [1.29, 1.82) is 0 Å². The van der Waals surface area contributed by atoms with Gasteiger partial charge in [0.15, 0.2) is 5.78 Å². The lowest BCUT2D eigenvalue weighted by molar-refractivity contribution is -0.385. The Morgan fingerprint density at radius 3 is 2.50 bits per heavy atom. The molecule has 1 saturated carbocycles. The molecule has 1 aliphatic rings. The lowest BCUT2D eigenvalue weighted by Gasteiger charge is -2.34. The second kappa shape index (κ2) is 13.9. The summed E-state index contributed by atoms with van der Waals surface area (Å²) in [5.74, 6) is 0.323. The van der Waals surface area contributed by atoms with Crippen LogP contribution in [-0.2, 0) is 4.79 Å². The molecule has 1 fully saturated rings. The van der Waals surface area contributed by atoms with E-state index in [0.717, 1.165) is 32.2 Å². The van der Waals surface area contributed by atoms with Gasteiger partial charge in [0.25, 0.3) is 5.69 Å². The van der Waals surface area contributed by atoms with Gasteiger partial charge in [0.05, 0.1) is 17.1 Å². The van der Waals surface area contributed by atoms with Crippen LogP contribution in [0.5, 0.6) is 5.75 Å². The molecule has 1 amide bonds. The van der Waals surface area contributed by atoms with Crippen LogP contribution in [0.2, 0.25) is 0 Å². The van der Waals surface area contributed by atoms with Crippen LogP contribution < -0.4 is 4.74 Å². The monoisotopic (exact) mass is 446 g/mol. The minimum Gasteiger partial charge on any atom is -0.494 e.